The van der Waals surface area contributed by atoms with Gasteiger partial charge in [0.2, 0.25) is 0 Å². The van der Waals surface area contributed by atoms with Crippen molar-refractivity contribution in [1.29, 1.82) is 0 Å². The minimum absolute atomic E-state index is 0.373. The van der Waals surface area contributed by atoms with Crippen LogP contribution in [0.3, 0.4) is 0 Å². The molecule has 0 saturated carbocycles. The Morgan fingerprint density at radius 3 is 2.89 bits per heavy atom. The van der Waals surface area contributed by atoms with Crippen molar-refractivity contribution in [2.24, 2.45) is 5.11 Å². The van der Waals surface area contributed by atoms with Crippen LogP contribution in [0.1, 0.15) is 27.8 Å². The molecule has 0 saturated heterocycles. The number of carboxylic acid groups (broad SMARTS) is 1. The molecule has 1 aromatic heterocycles. The van der Waals surface area contributed by atoms with Gasteiger partial charge in [-0.15, -0.1) is 11.3 Å². The molecule has 18 heavy (non-hydrogen) atoms. The third kappa shape index (κ3) is 4.03. The molecule has 1 heterocycles. The quantitative estimate of drug-likeness (QED) is 0.344. The van der Waals surface area contributed by atoms with Gasteiger partial charge in [0.15, 0.2) is 0 Å². The number of aliphatic carboxylic acids is 1. The fraction of sp³-hybridized carbons (Fsp3) is 0.545. The summed E-state index contributed by atoms with van der Waals surface area (Å²) in [5, 5.41) is 15.6. The zero-order valence-corrected chi connectivity index (χ0v) is 11.2. The number of nitrogens with zero attached hydrogens (tertiary/aromatic N) is 3. The number of azide groups is 1. The minimum Gasteiger partial charge on any atom is -0.480 e. The van der Waals surface area contributed by atoms with Crippen LogP contribution in [0.4, 0.5) is 0 Å². The molecule has 1 atom stereocenters. The number of hydrogen-bond acceptors (Lipinski definition) is 4. The summed E-state index contributed by atoms with van der Waals surface area (Å²) < 4.78 is 0. The number of aryl methyl sites for hydroxylation is 2. The van der Waals surface area contributed by atoms with Crippen LogP contribution in [0.2, 0.25) is 0 Å². The normalized spacial score (nSPS) is 11.9. The highest BCUT2D eigenvalue weighted by molar-refractivity contribution is 7.12. The van der Waals surface area contributed by atoms with Crippen molar-refractivity contribution >= 4 is 17.3 Å². The lowest BCUT2D eigenvalue weighted by Crippen LogP contribution is -2.29. The van der Waals surface area contributed by atoms with Crippen molar-refractivity contribution in [3.05, 3.63) is 31.8 Å². The zero-order chi connectivity index (χ0) is 13.5. The van der Waals surface area contributed by atoms with Crippen molar-refractivity contribution in [3.63, 3.8) is 0 Å². The second-order valence-electron chi connectivity index (χ2n) is 3.90. The van der Waals surface area contributed by atoms with Crippen LogP contribution in [0.5, 0.6) is 0 Å². The Morgan fingerprint density at radius 1 is 1.67 bits per heavy atom. The maximum absolute atomic E-state index is 11.2. The zero-order valence-electron chi connectivity index (χ0n) is 10.4. The van der Waals surface area contributed by atoms with E-state index in [1.165, 1.54) is 0 Å². The van der Waals surface area contributed by atoms with Crippen molar-refractivity contribution in [3.8, 4) is 0 Å². The van der Waals surface area contributed by atoms with Crippen LogP contribution >= 0.6 is 11.3 Å². The lowest BCUT2D eigenvalue weighted by Gasteiger charge is -2.14. The van der Waals surface area contributed by atoms with Gasteiger partial charge in [0.1, 0.15) is 6.04 Å². The van der Waals surface area contributed by atoms with Crippen molar-refractivity contribution < 1.29 is 9.90 Å². The first-order chi connectivity index (χ1) is 8.56. The van der Waals surface area contributed by atoms with Crippen LogP contribution in [0.15, 0.2) is 11.2 Å². The fourth-order valence-electron chi connectivity index (χ4n) is 1.71. The molecule has 0 aliphatic rings. The van der Waals surface area contributed by atoms with E-state index in [4.69, 9.17) is 5.53 Å². The number of hydrogen-bond donors (Lipinski definition) is 2. The second kappa shape index (κ2) is 7.00. The molecule has 6 nitrogen and oxygen atoms in total. The van der Waals surface area contributed by atoms with Gasteiger partial charge in [-0.1, -0.05) is 5.11 Å². The Morgan fingerprint density at radius 2 is 2.39 bits per heavy atom. The molecule has 7 heteroatoms. The maximum Gasteiger partial charge on any atom is 0.325 e. The minimum atomic E-state index is -0.889. The smallest absolute Gasteiger partial charge is 0.325 e. The van der Waals surface area contributed by atoms with Crippen molar-refractivity contribution in [1.82, 2.24) is 5.32 Å². The van der Waals surface area contributed by atoms with Gasteiger partial charge >= 0.3 is 5.97 Å². The lowest BCUT2D eigenvalue weighted by atomic mass is 10.1. The van der Waals surface area contributed by atoms with E-state index in [-0.39, 0.29) is 0 Å². The second-order valence-corrected chi connectivity index (χ2v) is 5.36. The van der Waals surface area contributed by atoms with Crippen LogP contribution < -0.4 is 5.32 Å². The summed E-state index contributed by atoms with van der Waals surface area (Å²) in [5.41, 5.74) is 8.94. The van der Waals surface area contributed by atoms with Gasteiger partial charge in [-0.2, -0.15) is 0 Å². The molecule has 0 aromatic carbocycles. The molecule has 0 amide bonds. The van der Waals surface area contributed by atoms with Gasteiger partial charge in [-0.3, -0.25) is 4.79 Å². The molecule has 1 aromatic rings. The Labute approximate surface area is 109 Å². The monoisotopic (exact) mass is 268 g/mol. The summed E-state index contributed by atoms with van der Waals surface area (Å²) in [5.74, 6) is -0.889. The first-order valence-corrected chi connectivity index (χ1v) is 6.42. The summed E-state index contributed by atoms with van der Waals surface area (Å²) in [7, 11) is 0. The number of rotatable bonds is 7. The molecule has 0 radical (unpaired) electrons. The lowest BCUT2D eigenvalue weighted by molar-refractivity contribution is -0.139. The molecule has 0 bridgehead atoms. The SMILES string of the molecule is Cc1cc(C(NCCCN=[N+]=[N-])C(=O)O)c(C)s1. The molecule has 0 fully saturated rings. The van der Waals surface area contributed by atoms with Crippen LogP contribution in [-0.2, 0) is 4.79 Å². The summed E-state index contributed by atoms with van der Waals surface area (Å²) in [4.78, 5) is 16.0. The number of carboxylic acids is 1. The first kappa shape index (κ1) is 14.5. The van der Waals surface area contributed by atoms with E-state index in [1.54, 1.807) is 11.3 Å². The number of nitrogens with one attached hydrogen (secondary N) is 1. The van der Waals surface area contributed by atoms with Gasteiger partial charge in [-0.05, 0) is 44.0 Å². The predicted octanol–water partition coefficient (Wildman–Crippen LogP) is 2.78. The first-order valence-electron chi connectivity index (χ1n) is 5.60. The molecule has 98 valence electrons. The van der Waals surface area contributed by atoms with Crippen LogP contribution in [0, 0.1) is 13.8 Å². The molecule has 2 N–H and O–H groups in total. The summed E-state index contributed by atoms with van der Waals surface area (Å²) in [6.45, 7) is 4.76. The Kier molecular flexibility index (Phi) is 5.64. The average molecular weight is 268 g/mol. The van der Waals surface area contributed by atoms with E-state index in [2.05, 4.69) is 15.3 Å². The molecular formula is C11H16N4O2S. The van der Waals surface area contributed by atoms with Crippen molar-refractivity contribution in [2.45, 2.75) is 26.3 Å². The Balaban J connectivity index is 2.63. The highest BCUT2D eigenvalue weighted by Gasteiger charge is 2.22. The van der Waals surface area contributed by atoms with Gasteiger partial charge in [-0.25, -0.2) is 0 Å². The predicted molar refractivity (Wildman–Crippen MR) is 70.8 cm³/mol. The third-order valence-electron chi connectivity index (χ3n) is 2.48. The molecule has 0 aliphatic heterocycles. The van der Waals surface area contributed by atoms with Gasteiger partial charge in [0.25, 0.3) is 0 Å². The largest absolute Gasteiger partial charge is 0.480 e. The van der Waals surface area contributed by atoms with Gasteiger partial charge in [0.05, 0.1) is 0 Å². The van der Waals surface area contributed by atoms with Crippen LogP contribution in [-0.4, -0.2) is 24.2 Å². The summed E-state index contributed by atoms with van der Waals surface area (Å²) >= 11 is 1.59. The van der Waals surface area contributed by atoms with Crippen molar-refractivity contribution in [2.75, 3.05) is 13.1 Å². The Bertz CT molecular complexity index is 466. The summed E-state index contributed by atoms with van der Waals surface area (Å²) in [6, 6.07) is 1.21. The Hall–Kier alpha value is -1.56. The highest BCUT2D eigenvalue weighted by Crippen LogP contribution is 2.26. The summed E-state index contributed by atoms with van der Waals surface area (Å²) in [6.07, 6.45) is 0.621. The average Bonchev–Trinajstić information content (AvgIpc) is 2.62. The topological polar surface area (TPSA) is 98.1 Å². The standard InChI is InChI=1S/C11H16N4O2S/c1-7-6-9(8(2)18-7)10(11(16)17)13-4-3-5-14-15-12/h6,10,13H,3-5H2,1-2H3,(H,16,17). The van der Waals surface area contributed by atoms with E-state index in [0.29, 0.717) is 19.5 Å². The van der Waals surface area contributed by atoms with E-state index in [1.807, 2.05) is 19.9 Å². The maximum atomic E-state index is 11.2. The molecule has 0 aliphatic carbocycles. The fourth-order valence-corrected chi connectivity index (χ4v) is 2.67. The number of thiophene rings is 1. The molecule has 0 spiro atoms. The highest BCUT2D eigenvalue weighted by atomic mass is 32.1. The van der Waals surface area contributed by atoms with Gasteiger partial charge in [0, 0.05) is 21.2 Å². The van der Waals surface area contributed by atoms with E-state index >= 15 is 0 Å². The van der Waals surface area contributed by atoms with Crippen LogP contribution in [0.25, 0.3) is 10.4 Å². The van der Waals surface area contributed by atoms with Gasteiger partial charge < -0.3 is 10.4 Å². The van der Waals surface area contributed by atoms with E-state index in [9.17, 15) is 9.90 Å². The third-order valence-corrected chi connectivity index (χ3v) is 3.47. The molecule has 1 rings (SSSR count). The van der Waals surface area contributed by atoms with E-state index in [0.717, 1.165) is 15.3 Å². The molecule has 1 unspecified atom stereocenters. The van der Waals surface area contributed by atoms with E-state index < -0.39 is 12.0 Å². The number of carbonyl (C=O) groups is 1. The molecular weight excluding hydrogens is 252 g/mol.